The van der Waals surface area contributed by atoms with Crippen LogP contribution < -0.4 is 0 Å². The molecule has 14 heteroatoms. The summed E-state index contributed by atoms with van der Waals surface area (Å²) >= 11 is 0. The Bertz CT molecular complexity index is 1370. The number of Topliss-reactive ketones (excluding diaryl/α,β-unsaturated/α-hetero) is 2. The van der Waals surface area contributed by atoms with Crippen molar-refractivity contribution < 1.29 is 63.8 Å². The van der Waals surface area contributed by atoms with E-state index in [1.807, 2.05) is 0 Å². The maximum atomic E-state index is 14.4. The third kappa shape index (κ3) is 16.7. The minimum Gasteiger partial charge on any atom is -0.462 e. The molecule has 0 spiro atoms. The van der Waals surface area contributed by atoms with E-state index in [9.17, 15) is 54.3 Å². The van der Waals surface area contributed by atoms with Crippen LogP contribution in [0.5, 0.6) is 0 Å². The summed E-state index contributed by atoms with van der Waals surface area (Å²) in [4.78, 5) is 50.6. The van der Waals surface area contributed by atoms with E-state index in [-0.39, 0.29) is 88.2 Å². The highest BCUT2D eigenvalue weighted by Crippen LogP contribution is 2.34. The molecule has 0 bridgehead atoms. The van der Waals surface area contributed by atoms with Gasteiger partial charge in [0.15, 0.2) is 11.7 Å². The number of ether oxygens (including phenoxy) is 2. The fourth-order valence-corrected chi connectivity index (χ4v) is 6.48. The van der Waals surface area contributed by atoms with Gasteiger partial charge < -0.3 is 9.47 Å². The topological polar surface area (TPSA) is 86.7 Å². The van der Waals surface area contributed by atoms with E-state index in [4.69, 9.17) is 9.47 Å². The lowest BCUT2D eigenvalue weighted by Gasteiger charge is -2.18. The van der Waals surface area contributed by atoms with Crippen LogP contribution in [0.4, 0.5) is 35.1 Å². The predicted octanol–water partition coefficient (Wildman–Crippen LogP) is 11.0. The van der Waals surface area contributed by atoms with Crippen LogP contribution in [-0.2, 0) is 28.7 Å². The number of cyclic esters (lactones) is 2. The molecule has 0 amide bonds. The molecular weight excluding hydrogens is 728 g/mol. The van der Waals surface area contributed by atoms with Crippen LogP contribution in [0, 0.1) is 11.8 Å². The smallest absolute Gasteiger partial charge is 0.389 e. The molecule has 0 saturated heterocycles. The lowest BCUT2D eigenvalue weighted by Crippen LogP contribution is -2.19. The number of alkyl halides is 6. The van der Waals surface area contributed by atoms with Crippen LogP contribution in [-0.4, -0.2) is 48.1 Å². The van der Waals surface area contributed by atoms with E-state index in [0.717, 1.165) is 0 Å². The highest BCUT2D eigenvalue weighted by atomic mass is 19.4. The molecule has 0 aromatic heterocycles. The maximum Gasteiger partial charge on any atom is 0.389 e. The van der Waals surface area contributed by atoms with Crippen LogP contribution in [0.15, 0.2) is 71.4 Å². The van der Waals surface area contributed by atoms with Gasteiger partial charge in [-0.05, 0) is 89.2 Å². The van der Waals surface area contributed by atoms with Crippen molar-refractivity contribution in [2.45, 2.75) is 140 Å². The van der Waals surface area contributed by atoms with Crippen molar-refractivity contribution in [2.24, 2.45) is 11.8 Å². The second-order valence-electron chi connectivity index (χ2n) is 13.8. The summed E-state index contributed by atoms with van der Waals surface area (Å²) in [7, 11) is 0. The Kier molecular flexibility index (Phi) is 18.1. The number of ketones is 2. The number of hydrogen-bond donors (Lipinski definition) is 0. The number of carbonyl (C=O) groups excluding carboxylic acids is 4. The van der Waals surface area contributed by atoms with E-state index in [1.54, 1.807) is 24.3 Å². The summed E-state index contributed by atoms with van der Waals surface area (Å²) in [6.45, 7) is 0. The van der Waals surface area contributed by atoms with E-state index in [1.165, 1.54) is 24.3 Å². The average Bonchev–Trinajstić information content (AvgIpc) is 3.51. The van der Waals surface area contributed by atoms with Crippen molar-refractivity contribution >= 4 is 23.5 Å². The molecular formula is C40H48F8O6. The number of fused-ring (bicyclic) bond motifs is 2. The van der Waals surface area contributed by atoms with Crippen LogP contribution in [0.1, 0.15) is 116 Å². The lowest BCUT2D eigenvalue weighted by atomic mass is 9.95. The zero-order chi connectivity index (χ0) is 39.7. The van der Waals surface area contributed by atoms with Gasteiger partial charge in [0, 0.05) is 61.5 Å². The van der Waals surface area contributed by atoms with E-state index < -0.39 is 84.4 Å². The van der Waals surface area contributed by atoms with Gasteiger partial charge in [0.1, 0.15) is 12.2 Å². The first-order valence-electron chi connectivity index (χ1n) is 18.6. The van der Waals surface area contributed by atoms with Crippen molar-refractivity contribution in [2.75, 3.05) is 0 Å². The fourth-order valence-electron chi connectivity index (χ4n) is 6.48. The summed E-state index contributed by atoms with van der Waals surface area (Å²) in [6.07, 6.45) is 2.00. The summed E-state index contributed by atoms with van der Waals surface area (Å²) in [6, 6.07) is 0. The normalized spacial score (nSPS) is 28.0. The van der Waals surface area contributed by atoms with Gasteiger partial charge in [0.2, 0.25) is 11.6 Å². The molecule has 0 radical (unpaired) electrons. The Balaban J connectivity index is 1.75. The quantitative estimate of drug-likeness (QED) is 0.106. The van der Waals surface area contributed by atoms with Gasteiger partial charge in [-0.2, -0.15) is 26.3 Å². The monoisotopic (exact) mass is 776 g/mol. The highest BCUT2D eigenvalue weighted by Gasteiger charge is 2.32. The molecule has 6 nitrogen and oxygen atoms in total. The summed E-state index contributed by atoms with van der Waals surface area (Å²) < 4.78 is 116. The van der Waals surface area contributed by atoms with Gasteiger partial charge >= 0.3 is 24.3 Å². The van der Waals surface area contributed by atoms with Crippen LogP contribution in [0.3, 0.4) is 0 Å². The third-order valence-electron chi connectivity index (χ3n) is 9.34. The molecule has 3 aliphatic rings. The number of hydrogen-bond acceptors (Lipinski definition) is 6. The molecule has 4 atom stereocenters. The zero-order valence-electron chi connectivity index (χ0n) is 30.1. The van der Waals surface area contributed by atoms with Crippen molar-refractivity contribution in [3.8, 4) is 0 Å². The molecule has 0 fully saturated rings. The van der Waals surface area contributed by atoms with Gasteiger partial charge in [-0.1, -0.05) is 36.5 Å². The van der Waals surface area contributed by atoms with Gasteiger partial charge in [-0.15, -0.1) is 0 Å². The molecule has 0 aromatic carbocycles. The SMILES string of the molecule is O=C1CCC/C=C\C[C@H]2C=C(F)C(=O)/C2=C/C[C@H](CCCCC(F)(F)F)OC(=O)CCC/C=C\C[C@H]2C=C(F)C(=O)/C2=C/C[C@H](CCCCC(F)(F)F)O1. The van der Waals surface area contributed by atoms with Gasteiger partial charge in [-0.3, -0.25) is 19.2 Å². The second kappa shape index (κ2) is 21.9. The molecule has 0 aromatic rings. The summed E-state index contributed by atoms with van der Waals surface area (Å²) in [5.41, 5.74) is 0.307. The van der Waals surface area contributed by atoms with E-state index in [0.29, 0.717) is 25.7 Å². The number of rotatable bonds is 8. The minimum absolute atomic E-state index is 0.00550. The Labute approximate surface area is 310 Å². The average molecular weight is 777 g/mol. The minimum atomic E-state index is -4.33. The zero-order valence-corrected chi connectivity index (χ0v) is 30.1. The largest absolute Gasteiger partial charge is 0.462 e. The van der Waals surface area contributed by atoms with Crippen molar-refractivity contribution in [1.29, 1.82) is 0 Å². The molecule has 54 heavy (non-hydrogen) atoms. The van der Waals surface area contributed by atoms with Gasteiger partial charge in [0.25, 0.3) is 0 Å². The molecule has 2 aliphatic carbocycles. The highest BCUT2D eigenvalue weighted by molar-refractivity contribution is 6.10. The van der Waals surface area contributed by atoms with Crippen LogP contribution in [0.25, 0.3) is 0 Å². The van der Waals surface area contributed by atoms with Crippen molar-refractivity contribution in [3.05, 3.63) is 71.4 Å². The molecule has 0 unspecified atom stereocenters. The number of allylic oxidation sites excluding steroid dienone is 10. The number of carbonyl (C=O) groups is 4. The van der Waals surface area contributed by atoms with Crippen molar-refractivity contribution in [1.82, 2.24) is 0 Å². The van der Waals surface area contributed by atoms with E-state index in [2.05, 4.69) is 0 Å². The Morgan fingerprint density at radius 3 is 1.31 bits per heavy atom. The first-order chi connectivity index (χ1) is 25.5. The standard InChI is InChI=1S/C40H48F8O6/c41-33-25-27-13-5-1-3-7-17-35(49)53-29(15-9-11-23-39(43,44)45)20-22-32-28(26-34(42)38(32)52)14-6-2-4-8-18-36(50)54-30(19-21-31(27)37(33)51)16-10-12-24-40(46,47)48/h1-2,5-6,21-22,25-30H,3-4,7-20,23-24H2/b5-1-,6-2-,31-21+,32-22+/t27-,28-,29-,30-/m0/s1. The maximum absolute atomic E-state index is 14.4. The van der Waals surface area contributed by atoms with E-state index >= 15 is 0 Å². The van der Waals surface area contributed by atoms with Crippen molar-refractivity contribution in [3.63, 3.8) is 0 Å². The molecule has 300 valence electrons. The van der Waals surface area contributed by atoms with Gasteiger partial charge in [-0.25, -0.2) is 8.78 Å². The fraction of sp³-hybridized carbons (Fsp3) is 0.600. The lowest BCUT2D eigenvalue weighted by molar-refractivity contribution is -0.150. The van der Waals surface area contributed by atoms with Crippen LogP contribution >= 0.6 is 0 Å². The number of halogens is 8. The molecule has 1 aliphatic heterocycles. The third-order valence-corrected chi connectivity index (χ3v) is 9.34. The summed E-state index contributed by atoms with van der Waals surface area (Å²) in [5, 5.41) is 0. The Morgan fingerprint density at radius 2 is 0.944 bits per heavy atom. The second-order valence-corrected chi connectivity index (χ2v) is 13.8. The molecule has 0 N–H and O–H groups in total. The molecule has 1 heterocycles. The number of unbranched alkanes of at least 4 members (excludes halogenated alkanes) is 2. The van der Waals surface area contributed by atoms with Gasteiger partial charge in [0.05, 0.1) is 0 Å². The Hall–Kier alpha value is -3.84. The number of esters is 2. The first-order valence-corrected chi connectivity index (χ1v) is 18.6. The van der Waals surface area contributed by atoms with Crippen LogP contribution in [0.2, 0.25) is 0 Å². The summed E-state index contributed by atoms with van der Waals surface area (Å²) in [5.74, 6) is -5.90. The Morgan fingerprint density at radius 1 is 0.556 bits per heavy atom. The molecule has 0 saturated carbocycles. The first kappa shape index (κ1) is 44.6. The predicted molar refractivity (Wildman–Crippen MR) is 185 cm³/mol. The molecule has 3 rings (SSSR count).